The lowest BCUT2D eigenvalue weighted by molar-refractivity contribution is -0.385. The van der Waals surface area contributed by atoms with E-state index in [2.05, 4.69) is 4.98 Å². The van der Waals surface area contributed by atoms with E-state index < -0.39 is 4.92 Å². The SMILES string of the molecule is N#Cc1cc([N+](=O)[O-])cnc1N1CCCCC1CN. The molecule has 1 saturated heterocycles. The first-order valence-electron chi connectivity index (χ1n) is 6.18. The number of nitrogens with zero attached hydrogens (tertiary/aromatic N) is 4. The van der Waals surface area contributed by atoms with Crippen molar-refractivity contribution < 1.29 is 4.92 Å². The molecule has 0 aromatic carbocycles. The maximum Gasteiger partial charge on any atom is 0.289 e. The molecule has 0 spiro atoms. The number of nitriles is 1. The first-order chi connectivity index (χ1) is 9.17. The third-order valence-electron chi connectivity index (χ3n) is 3.35. The molecular formula is C12H15N5O2. The van der Waals surface area contributed by atoms with Gasteiger partial charge in [-0.25, -0.2) is 4.98 Å². The van der Waals surface area contributed by atoms with Gasteiger partial charge in [0.1, 0.15) is 23.6 Å². The fourth-order valence-electron chi connectivity index (χ4n) is 2.38. The summed E-state index contributed by atoms with van der Waals surface area (Å²) in [6.07, 6.45) is 4.27. The van der Waals surface area contributed by atoms with Gasteiger partial charge in [0.25, 0.3) is 5.69 Å². The molecule has 19 heavy (non-hydrogen) atoms. The zero-order valence-electron chi connectivity index (χ0n) is 10.5. The molecule has 2 N–H and O–H groups in total. The van der Waals surface area contributed by atoms with Crippen molar-refractivity contribution in [3.63, 3.8) is 0 Å². The summed E-state index contributed by atoms with van der Waals surface area (Å²) in [7, 11) is 0. The molecule has 1 unspecified atom stereocenters. The van der Waals surface area contributed by atoms with Crippen molar-refractivity contribution in [2.75, 3.05) is 18.0 Å². The van der Waals surface area contributed by atoms with Crippen molar-refractivity contribution in [2.24, 2.45) is 5.73 Å². The standard InChI is InChI=1S/C12H15N5O2/c13-6-9-5-11(17(18)19)8-15-12(9)16-4-2-1-3-10(16)7-14/h5,8,10H,1-4,7,14H2. The van der Waals surface area contributed by atoms with Crippen molar-refractivity contribution in [3.8, 4) is 6.07 Å². The Morgan fingerprint density at radius 3 is 3.05 bits per heavy atom. The number of aromatic nitrogens is 1. The van der Waals surface area contributed by atoms with Crippen LogP contribution in [-0.4, -0.2) is 29.0 Å². The van der Waals surface area contributed by atoms with Crippen molar-refractivity contribution in [1.82, 2.24) is 4.98 Å². The maximum absolute atomic E-state index is 10.7. The highest BCUT2D eigenvalue weighted by Gasteiger charge is 2.25. The molecule has 0 saturated carbocycles. The molecule has 1 aromatic heterocycles. The van der Waals surface area contributed by atoms with Crippen molar-refractivity contribution in [2.45, 2.75) is 25.3 Å². The van der Waals surface area contributed by atoms with Crippen LogP contribution in [0, 0.1) is 21.4 Å². The van der Waals surface area contributed by atoms with E-state index in [-0.39, 0.29) is 17.3 Å². The second kappa shape index (κ2) is 5.63. The van der Waals surface area contributed by atoms with Gasteiger partial charge >= 0.3 is 0 Å². The van der Waals surface area contributed by atoms with Crippen LogP contribution in [0.25, 0.3) is 0 Å². The summed E-state index contributed by atoms with van der Waals surface area (Å²) in [5.74, 6) is 0.503. The highest BCUT2D eigenvalue weighted by atomic mass is 16.6. The lowest BCUT2D eigenvalue weighted by Gasteiger charge is -2.36. The van der Waals surface area contributed by atoms with Gasteiger partial charge in [-0.05, 0) is 19.3 Å². The Morgan fingerprint density at radius 1 is 1.63 bits per heavy atom. The van der Waals surface area contributed by atoms with E-state index in [1.165, 1.54) is 12.3 Å². The van der Waals surface area contributed by atoms with E-state index in [9.17, 15) is 10.1 Å². The highest BCUT2D eigenvalue weighted by molar-refractivity contribution is 5.58. The zero-order chi connectivity index (χ0) is 13.8. The Kier molecular flexibility index (Phi) is 3.92. The second-order valence-corrected chi connectivity index (χ2v) is 4.51. The number of hydrogen-bond acceptors (Lipinski definition) is 6. The quantitative estimate of drug-likeness (QED) is 0.646. The van der Waals surface area contributed by atoms with Gasteiger partial charge in [0.05, 0.1) is 4.92 Å². The van der Waals surface area contributed by atoms with Crippen LogP contribution < -0.4 is 10.6 Å². The number of nitrogens with two attached hydrogens (primary N) is 1. The Hall–Kier alpha value is -2.20. The van der Waals surface area contributed by atoms with E-state index in [4.69, 9.17) is 11.0 Å². The average molecular weight is 261 g/mol. The fraction of sp³-hybridized carbons (Fsp3) is 0.500. The highest BCUT2D eigenvalue weighted by Crippen LogP contribution is 2.27. The lowest BCUT2D eigenvalue weighted by atomic mass is 10.0. The summed E-state index contributed by atoms with van der Waals surface area (Å²) in [6.45, 7) is 1.27. The smallest absolute Gasteiger partial charge is 0.289 e. The lowest BCUT2D eigenvalue weighted by Crippen LogP contribution is -2.45. The van der Waals surface area contributed by atoms with E-state index in [0.717, 1.165) is 25.8 Å². The van der Waals surface area contributed by atoms with E-state index >= 15 is 0 Å². The van der Waals surface area contributed by atoms with Gasteiger partial charge in [-0.1, -0.05) is 0 Å². The molecule has 0 bridgehead atoms. The summed E-state index contributed by atoms with van der Waals surface area (Å²) in [5, 5.41) is 19.8. The summed E-state index contributed by atoms with van der Waals surface area (Å²) < 4.78 is 0. The Labute approximate surface area is 110 Å². The molecule has 1 atom stereocenters. The Bertz CT molecular complexity index is 525. The molecule has 0 aliphatic carbocycles. The Morgan fingerprint density at radius 2 is 2.42 bits per heavy atom. The number of pyridine rings is 1. The van der Waals surface area contributed by atoms with Gasteiger partial charge in [0.2, 0.25) is 0 Å². The summed E-state index contributed by atoms with van der Waals surface area (Å²) >= 11 is 0. The molecule has 0 radical (unpaired) electrons. The number of piperidine rings is 1. The van der Waals surface area contributed by atoms with E-state index in [1.54, 1.807) is 0 Å². The third-order valence-corrected chi connectivity index (χ3v) is 3.35. The van der Waals surface area contributed by atoms with Crippen molar-refractivity contribution in [1.29, 1.82) is 5.26 Å². The Balaban J connectivity index is 2.38. The minimum absolute atomic E-state index is 0.148. The molecular weight excluding hydrogens is 246 g/mol. The number of rotatable bonds is 3. The molecule has 1 aliphatic heterocycles. The molecule has 100 valence electrons. The van der Waals surface area contributed by atoms with Gasteiger partial charge in [-0.15, -0.1) is 0 Å². The number of hydrogen-bond donors (Lipinski definition) is 1. The second-order valence-electron chi connectivity index (χ2n) is 4.51. The number of nitro groups is 1. The molecule has 7 heteroatoms. The van der Waals surface area contributed by atoms with Crippen LogP contribution in [-0.2, 0) is 0 Å². The van der Waals surface area contributed by atoms with Crippen LogP contribution in [0.1, 0.15) is 24.8 Å². The summed E-state index contributed by atoms with van der Waals surface area (Å²) in [5.41, 5.74) is 5.81. The van der Waals surface area contributed by atoms with Gasteiger partial charge in [0.15, 0.2) is 0 Å². The zero-order valence-corrected chi connectivity index (χ0v) is 10.5. The molecule has 7 nitrogen and oxygen atoms in total. The fourth-order valence-corrected chi connectivity index (χ4v) is 2.38. The molecule has 2 heterocycles. The summed E-state index contributed by atoms with van der Waals surface area (Å²) in [6, 6.07) is 3.40. The van der Waals surface area contributed by atoms with Crippen LogP contribution in [0.3, 0.4) is 0 Å². The van der Waals surface area contributed by atoms with E-state index in [0.29, 0.717) is 12.4 Å². The van der Waals surface area contributed by atoms with Gasteiger partial charge in [-0.2, -0.15) is 5.26 Å². The molecule has 1 aliphatic rings. The summed E-state index contributed by atoms with van der Waals surface area (Å²) in [4.78, 5) is 16.2. The van der Waals surface area contributed by atoms with Crippen LogP contribution in [0.15, 0.2) is 12.3 Å². The molecule has 1 fully saturated rings. The van der Waals surface area contributed by atoms with Crippen molar-refractivity contribution >= 4 is 11.5 Å². The van der Waals surface area contributed by atoms with Crippen LogP contribution in [0.4, 0.5) is 11.5 Å². The monoisotopic (exact) mass is 261 g/mol. The predicted octanol–water partition coefficient (Wildman–Crippen LogP) is 1.18. The molecule has 1 aromatic rings. The van der Waals surface area contributed by atoms with Gasteiger partial charge in [0, 0.05) is 25.2 Å². The first-order valence-corrected chi connectivity index (χ1v) is 6.18. The topological polar surface area (TPSA) is 109 Å². The van der Waals surface area contributed by atoms with Gasteiger partial charge in [-0.3, -0.25) is 10.1 Å². The maximum atomic E-state index is 10.7. The van der Waals surface area contributed by atoms with Crippen LogP contribution >= 0.6 is 0 Å². The van der Waals surface area contributed by atoms with E-state index in [1.807, 2.05) is 11.0 Å². The average Bonchev–Trinajstić information content (AvgIpc) is 2.46. The minimum atomic E-state index is -0.547. The molecule has 2 rings (SSSR count). The minimum Gasteiger partial charge on any atom is -0.351 e. The largest absolute Gasteiger partial charge is 0.351 e. The van der Waals surface area contributed by atoms with Gasteiger partial charge < -0.3 is 10.6 Å². The van der Waals surface area contributed by atoms with Crippen LogP contribution in [0.5, 0.6) is 0 Å². The first kappa shape index (κ1) is 13.2. The normalized spacial score (nSPS) is 18.9. The predicted molar refractivity (Wildman–Crippen MR) is 69.6 cm³/mol. The van der Waals surface area contributed by atoms with Crippen molar-refractivity contribution in [3.05, 3.63) is 27.9 Å². The van der Waals surface area contributed by atoms with Crippen LogP contribution in [0.2, 0.25) is 0 Å². The molecule has 0 amide bonds. The third kappa shape index (κ3) is 2.63. The number of anilines is 1.